The third-order valence-corrected chi connectivity index (χ3v) is 2.65. The predicted octanol–water partition coefficient (Wildman–Crippen LogP) is 3.81. The van der Waals surface area contributed by atoms with Gasteiger partial charge in [-0.1, -0.05) is 49.4 Å². The first-order chi connectivity index (χ1) is 7.20. The molecule has 0 saturated heterocycles. The van der Waals surface area contributed by atoms with Gasteiger partial charge in [-0.3, -0.25) is 0 Å². The van der Waals surface area contributed by atoms with Gasteiger partial charge < -0.3 is 4.74 Å². The fraction of sp³-hybridized carbons (Fsp3) is 0.429. The second-order valence-corrected chi connectivity index (χ2v) is 4.07. The summed E-state index contributed by atoms with van der Waals surface area (Å²) in [5, 5.41) is 0. The van der Waals surface area contributed by atoms with Crippen LogP contribution in [-0.2, 0) is 11.3 Å². The molecular formula is C14H20O. The van der Waals surface area contributed by atoms with Crippen molar-refractivity contribution in [2.24, 2.45) is 5.92 Å². The van der Waals surface area contributed by atoms with Crippen LogP contribution in [0.2, 0.25) is 0 Å². The average molecular weight is 204 g/mol. The van der Waals surface area contributed by atoms with Crippen molar-refractivity contribution in [3.63, 3.8) is 0 Å². The van der Waals surface area contributed by atoms with Crippen molar-refractivity contribution >= 4 is 0 Å². The maximum absolute atomic E-state index is 5.60. The number of benzene rings is 1. The molecule has 0 N–H and O–H groups in total. The van der Waals surface area contributed by atoms with Crippen molar-refractivity contribution in [2.75, 3.05) is 6.61 Å². The zero-order valence-corrected chi connectivity index (χ0v) is 9.70. The molecule has 0 fully saturated rings. The Balaban J connectivity index is 2.15. The van der Waals surface area contributed by atoms with Crippen LogP contribution in [0.4, 0.5) is 0 Å². The molecule has 1 atom stereocenters. The Morgan fingerprint density at radius 1 is 1.33 bits per heavy atom. The number of rotatable bonds is 6. The topological polar surface area (TPSA) is 9.23 Å². The van der Waals surface area contributed by atoms with E-state index in [4.69, 9.17) is 4.74 Å². The summed E-state index contributed by atoms with van der Waals surface area (Å²) < 4.78 is 5.60. The number of hydrogen-bond acceptors (Lipinski definition) is 1. The standard InChI is InChI=1S/C14H20O/c1-12(2)13(3)9-10-15-11-14-7-5-4-6-8-14/h4-8,13H,1,9-11H2,2-3H3. The lowest BCUT2D eigenvalue weighted by Crippen LogP contribution is -2.02. The fourth-order valence-electron chi connectivity index (χ4n) is 1.27. The first-order valence-corrected chi connectivity index (χ1v) is 5.47. The van der Waals surface area contributed by atoms with E-state index in [1.165, 1.54) is 11.1 Å². The van der Waals surface area contributed by atoms with Crippen molar-refractivity contribution in [2.45, 2.75) is 26.9 Å². The molecule has 0 heterocycles. The van der Waals surface area contributed by atoms with Crippen molar-refractivity contribution in [3.05, 3.63) is 48.0 Å². The van der Waals surface area contributed by atoms with Crippen LogP contribution in [0.1, 0.15) is 25.8 Å². The molecule has 0 aliphatic heterocycles. The lowest BCUT2D eigenvalue weighted by molar-refractivity contribution is 0.112. The van der Waals surface area contributed by atoms with Crippen molar-refractivity contribution in [1.82, 2.24) is 0 Å². The van der Waals surface area contributed by atoms with E-state index < -0.39 is 0 Å². The minimum atomic E-state index is 0.556. The second-order valence-electron chi connectivity index (χ2n) is 4.07. The lowest BCUT2D eigenvalue weighted by Gasteiger charge is -2.10. The Bertz CT molecular complexity index is 289. The van der Waals surface area contributed by atoms with Crippen LogP contribution in [-0.4, -0.2) is 6.61 Å². The molecule has 0 saturated carbocycles. The summed E-state index contributed by atoms with van der Waals surface area (Å²) in [6, 6.07) is 10.3. The minimum absolute atomic E-state index is 0.556. The highest BCUT2D eigenvalue weighted by atomic mass is 16.5. The van der Waals surface area contributed by atoms with Crippen molar-refractivity contribution in [1.29, 1.82) is 0 Å². The van der Waals surface area contributed by atoms with Crippen LogP contribution < -0.4 is 0 Å². The third kappa shape index (κ3) is 4.80. The van der Waals surface area contributed by atoms with Crippen LogP contribution in [0.3, 0.4) is 0 Å². The molecule has 0 amide bonds. The number of ether oxygens (including phenoxy) is 1. The van der Waals surface area contributed by atoms with E-state index in [2.05, 4.69) is 32.6 Å². The molecule has 1 nitrogen and oxygen atoms in total. The maximum atomic E-state index is 5.60. The van der Waals surface area contributed by atoms with Gasteiger partial charge in [-0.15, -0.1) is 0 Å². The van der Waals surface area contributed by atoms with Gasteiger partial charge in [0.2, 0.25) is 0 Å². The Morgan fingerprint density at radius 2 is 2.00 bits per heavy atom. The van der Waals surface area contributed by atoms with Crippen LogP contribution >= 0.6 is 0 Å². The largest absolute Gasteiger partial charge is 0.377 e. The highest BCUT2D eigenvalue weighted by Gasteiger charge is 2.01. The lowest BCUT2D eigenvalue weighted by atomic mass is 10.0. The van der Waals surface area contributed by atoms with E-state index in [0.29, 0.717) is 12.5 Å². The Labute approximate surface area is 92.8 Å². The summed E-state index contributed by atoms with van der Waals surface area (Å²) >= 11 is 0. The Hall–Kier alpha value is -1.08. The molecule has 0 bridgehead atoms. The molecule has 1 unspecified atom stereocenters. The summed E-state index contributed by atoms with van der Waals surface area (Å²) in [6.07, 6.45) is 1.06. The quantitative estimate of drug-likeness (QED) is 0.506. The normalized spacial score (nSPS) is 12.4. The van der Waals surface area contributed by atoms with Gasteiger partial charge in [-0.2, -0.15) is 0 Å². The Morgan fingerprint density at radius 3 is 2.60 bits per heavy atom. The van der Waals surface area contributed by atoms with Crippen molar-refractivity contribution < 1.29 is 4.74 Å². The monoisotopic (exact) mass is 204 g/mol. The fourth-order valence-corrected chi connectivity index (χ4v) is 1.27. The summed E-state index contributed by atoms with van der Waals surface area (Å²) in [5.74, 6) is 0.556. The van der Waals surface area contributed by atoms with E-state index >= 15 is 0 Å². The summed E-state index contributed by atoms with van der Waals surface area (Å²) in [4.78, 5) is 0. The average Bonchev–Trinajstić information content (AvgIpc) is 2.25. The second kappa shape index (κ2) is 6.41. The van der Waals surface area contributed by atoms with Crippen LogP contribution in [0.15, 0.2) is 42.5 Å². The van der Waals surface area contributed by atoms with Gasteiger partial charge in [-0.05, 0) is 24.8 Å². The first-order valence-electron chi connectivity index (χ1n) is 5.47. The third-order valence-electron chi connectivity index (χ3n) is 2.65. The molecule has 0 aliphatic rings. The van der Waals surface area contributed by atoms with Gasteiger partial charge in [0.25, 0.3) is 0 Å². The van der Waals surface area contributed by atoms with Gasteiger partial charge in [0.15, 0.2) is 0 Å². The number of hydrogen-bond donors (Lipinski definition) is 0. The van der Waals surface area contributed by atoms with Gasteiger partial charge >= 0.3 is 0 Å². The highest BCUT2D eigenvalue weighted by molar-refractivity contribution is 5.13. The van der Waals surface area contributed by atoms with E-state index in [1.807, 2.05) is 18.2 Å². The maximum Gasteiger partial charge on any atom is 0.0716 e. The zero-order valence-electron chi connectivity index (χ0n) is 9.70. The van der Waals surface area contributed by atoms with Crippen LogP contribution in [0.25, 0.3) is 0 Å². The molecule has 0 spiro atoms. The molecule has 1 aromatic carbocycles. The van der Waals surface area contributed by atoms with Gasteiger partial charge in [-0.25, -0.2) is 0 Å². The van der Waals surface area contributed by atoms with Gasteiger partial charge in [0.05, 0.1) is 6.61 Å². The summed E-state index contributed by atoms with van der Waals surface area (Å²) in [6.45, 7) is 9.72. The van der Waals surface area contributed by atoms with E-state index in [0.717, 1.165) is 13.0 Å². The summed E-state index contributed by atoms with van der Waals surface area (Å²) in [5.41, 5.74) is 2.47. The molecule has 1 heteroatoms. The molecule has 0 aliphatic carbocycles. The first kappa shape index (κ1) is 12.0. The minimum Gasteiger partial charge on any atom is -0.377 e. The highest BCUT2D eigenvalue weighted by Crippen LogP contribution is 2.11. The van der Waals surface area contributed by atoms with Gasteiger partial charge in [0.1, 0.15) is 0 Å². The molecule has 1 rings (SSSR count). The smallest absolute Gasteiger partial charge is 0.0716 e. The molecular weight excluding hydrogens is 184 g/mol. The molecule has 1 aromatic rings. The van der Waals surface area contributed by atoms with Crippen LogP contribution in [0, 0.1) is 5.92 Å². The molecule has 0 aromatic heterocycles. The number of allylic oxidation sites excluding steroid dienone is 1. The zero-order chi connectivity index (χ0) is 11.1. The molecule has 15 heavy (non-hydrogen) atoms. The molecule has 0 radical (unpaired) electrons. The van der Waals surface area contributed by atoms with Gasteiger partial charge in [0, 0.05) is 6.61 Å². The van der Waals surface area contributed by atoms with E-state index in [9.17, 15) is 0 Å². The van der Waals surface area contributed by atoms with Crippen LogP contribution in [0.5, 0.6) is 0 Å². The predicted molar refractivity (Wildman–Crippen MR) is 64.7 cm³/mol. The SMILES string of the molecule is C=C(C)C(C)CCOCc1ccccc1. The van der Waals surface area contributed by atoms with E-state index in [1.54, 1.807) is 0 Å². The van der Waals surface area contributed by atoms with Crippen molar-refractivity contribution in [3.8, 4) is 0 Å². The molecule has 82 valence electrons. The Kier molecular flexibility index (Phi) is 5.13. The van der Waals surface area contributed by atoms with E-state index in [-0.39, 0.29) is 0 Å². The summed E-state index contributed by atoms with van der Waals surface area (Å²) in [7, 11) is 0.